The monoisotopic (exact) mass is 633 g/mol. The molecule has 1 heterocycles. The summed E-state index contributed by atoms with van der Waals surface area (Å²) in [6.45, 7) is 1.31. The highest BCUT2D eigenvalue weighted by molar-refractivity contribution is 5.93. The van der Waals surface area contributed by atoms with Gasteiger partial charge in [-0.2, -0.15) is 4.39 Å². The molecular formula is C29H38Cl2FNO9. The van der Waals surface area contributed by atoms with E-state index in [-0.39, 0.29) is 43.5 Å². The van der Waals surface area contributed by atoms with E-state index in [1.165, 1.54) is 0 Å². The van der Waals surface area contributed by atoms with Gasteiger partial charge in [0.1, 0.15) is 6.04 Å². The molecule has 0 N–H and O–H groups in total. The second-order valence-corrected chi connectivity index (χ2v) is 9.64. The predicted molar refractivity (Wildman–Crippen MR) is 156 cm³/mol. The Hall–Kier alpha value is -3.41. The molecule has 0 unspecified atom stereocenters. The molecule has 0 spiro atoms. The molecule has 10 nitrogen and oxygen atoms in total. The number of carbonyl (C=O) groups is 2. The molecule has 2 aromatic rings. The zero-order valence-electron chi connectivity index (χ0n) is 24.5. The van der Waals surface area contributed by atoms with Gasteiger partial charge in [0, 0.05) is 30.9 Å². The van der Waals surface area contributed by atoms with Gasteiger partial charge in [0.2, 0.25) is 11.6 Å². The summed E-state index contributed by atoms with van der Waals surface area (Å²) in [6.07, 6.45) is 1.89. The molecule has 0 aromatic heterocycles. The van der Waals surface area contributed by atoms with Crippen LogP contribution in [0.4, 0.5) is 4.39 Å². The number of likely N-dealkylation sites (N-methyl/N-ethyl adjacent to an activating group) is 1. The van der Waals surface area contributed by atoms with Gasteiger partial charge in [-0.1, -0.05) is 0 Å². The summed E-state index contributed by atoms with van der Waals surface area (Å²) in [7, 11) is 10.0. The molecule has 0 saturated heterocycles. The van der Waals surface area contributed by atoms with Crippen LogP contribution in [0.1, 0.15) is 29.2 Å². The molecule has 0 radical (unpaired) electrons. The Labute approximate surface area is 257 Å². The minimum absolute atomic E-state index is 0. The number of ether oxygens (including phenoxy) is 6. The molecule has 3 rings (SSSR count). The van der Waals surface area contributed by atoms with Gasteiger partial charge in [0.05, 0.1) is 68.3 Å². The van der Waals surface area contributed by atoms with E-state index in [0.29, 0.717) is 52.6 Å². The fourth-order valence-corrected chi connectivity index (χ4v) is 5.23. The second-order valence-electron chi connectivity index (χ2n) is 9.64. The molecule has 1 aliphatic rings. The van der Waals surface area contributed by atoms with Crippen molar-refractivity contribution in [1.29, 1.82) is 0 Å². The summed E-state index contributed by atoms with van der Waals surface area (Å²) in [4.78, 5) is 22.3. The van der Waals surface area contributed by atoms with E-state index in [9.17, 15) is 19.1 Å². The second kappa shape index (κ2) is 16.3. The lowest BCUT2D eigenvalue weighted by atomic mass is 9.86. The first kappa shape index (κ1) is 36.6. The molecule has 1 aliphatic heterocycles. The number of carboxylic acids is 1. The highest BCUT2D eigenvalue weighted by Gasteiger charge is 2.40. The molecule has 2 aromatic carbocycles. The fraction of sp³-hybridized carbons (Fsp3) is 0.448. The summed E-state index contributed by atoms with van der Waals surface area (Å²) in [5, 5.41) is 10.5. The maximum absolute atomic E-state index is 13.6. The number of hydrogen-bond donors (Lipinski definition) is 0. The normalized spacial score (nSPS) is 17.5. The minimum atomic E-state index is -1.80. The van der Waals surface area contributed by atoms with Gasteiger partial charge in [0.15, 0.2) is 23.0 Å². The van der Waals surface area contributed by atoms with Crippen LogP contribution in [0.15, 0.2) is 36.2 Å². The highest BCUT2D eigenvalue weighted by Crippen LogP contribution is 2.44. The minimum Gasteiger partial charge on any atom is -0.545 e. The first-order valence-electron chi connectivity index (χ1n) is 12.7. The highest BCUT2D eigenvalue weighted by atomic mass is 35.5. The van der Waals surface area contributed by atoms with Crippen molar-refractivity contribution in [3.05, 3.63) is 52.9 Å². The Kier molecular flexibility index (Phi) is 14.2. The van der Waals surface area contributed by atoms with E-state index >= 15 is 0 Å². The molecule has 0 bridgehead atoms. The largest absolute Gasteiger partial charge is 0.545 e. The van der Waals surface area contributed by atoms with Crippen LogP contribution in [-0.2, 0) is 27.2 Å². The number of methoxy groups -OCH3 is 5. The van der Waals surface area contributed by atoms with Crippen LogP contribution in [-0.4, -0.2) is 78.7 Å². The summed E-state index contributed by atoms with van der Waals surface area (Å²) in [6, 6.07) is 7.82. The number of carbonyl (C=O) groups excluding carboxylic acids is 2. The topological polar surface area (TPSA) is 113 Å². The number of carboxylic acid groups (broad SMARTS) is 1. The number of esters is 1. The number of quaternary nitrogens is 1. The van der Waals surface area contributed by atoms with E-state index in [1.807, 2.05) is 24.3 Å². The third kappa shape index (κ3) is 8.33. The van der Waals surface area contributed by atoms with Gasteiger partial charge >= 0.3 is 5.97 Å². The molecule has 234 valence electrons. The van der Waals surface area contributed by atoms with Crippen LogP contribution in [0.5, 0.6) is 28.7 Å². The van der Waals surface area contributed by atoms with Crippen molar-refractivity contribution in [1.82, 2.24) is 0 Å². The van der Waals surface area contributed by atoms with Crippen LogP contribution in [0.3, 0.4) is 0 Å². The summed E-state index contributed by atoms with van der Waals surface area (Å²) in [5.74, 6) is -1.77. The van der Waals surface area contributed by atoms with Crippen molar-refractivity contribution in [2.45, 2.75) is 25.3 Å². The number of nitrogens with zero attached hydrogens (tertiary/aromatic N) is 1. The zero-order chi connectivity index (χ0) is 29.4. The van der Waals surface area contributed by atoms with E-state index in [4.69, 9.17) is 28.4 Å². The lowest BCUT2D eigenvalue weighted by Gasteiger charge is -2.46. The van der Waals surface area contributed by atoms with E-state index in [1.54, 1.807) is 35.5 Å². The van der Waals surface area contributed by atoms with Gasteiger partial charge in [-0.15, -0.1) is 24.8 Å². The SMILES string of the molecule is COc1cc2c(cc1OC)[C@@H](Cc1cc(OC)c(OC)c(OC)c1)[N@+](C)(CCCOC(=O)C(F)=CC(=O)[O-])CC2.Cl.Cl. The number of rotatable bonds is 13. The number of halogens is 3. The average molecular weight is 635 g/mol. The van der Waals surface area contributed by atoms with Crippen LogP contribution >= 0.6 is 24.8 Å². The lowest BCUT2D eigenvalue weighted by molar-refractivity contribution is -0.941. The molecule has 0 aliphatic carbocycles. The van der Waals surface area contributed by atoms with Crippen molar-refractivity contribution in [2.24, 2.45) is 0 Å². The van der Waals surface area contributed by atoms with Crippen LogP contribution in [0.2, 0.25) is 0 Å². The lowest BCUT2D eigenvalue weighted by Crippen LogP contribution is -2.52. The Morgan fingerprint density at radius 2 is 1.50 bits per heavy atom. The number of fused-ring (bicyclic) bond motifs is 1. The molecule has 0 fully saturated rings. The molecule has 13 heteroatoms. The van der Waals surface area contributed by atoms with E-state index in [0.717, 1.165) is 29.7 Å². The first-order valence-corrected chi connectivity index (χ1v) is 12.7. The standard InChI is InChI=1S/C29H36FNO9.2ClH/c1-31(9-7-11-40-29(34)21(30)17-27(32)33)10-8-19-15-23(35-2)24(36-3)16-20(19)22(31)12-18-13-25(37-4)28(39-6)26(14-18)38-5;;/h13-17,22H,7-12H2,1-6H3;2*1H/t22-,31-;;/m1../s1. The van der Waals surface area contributed by atoms with Gasteiger partial charge in [-0.05, 0) is 35.4 Å². The van der Waals surface area contributed by atoms with Crippen molar-refractivity contribution in [2.75, 3.05) is 62.3 Å². The molecule has 2 atom stereocenters. The number of hydrogen-bond acceptors (Lipinski definition) is 9. The van der Waals surface area contributed by atoms with Gasteiger partial charge in [-0.3, -0.25) is 0 Å². The van der Waals surface area contributed by atoms with E-state index in [2.05, 4.69) is 7.05 Å². The molecular weight excluding hydrogens is 596 g/mol. The maximum Gasteiger partial charge on any atom is 0.367 e. The van der Waals surface area contributed by atoms with E-state index < -0.39 is 17.8 Å². The summed E-state index contributed by atoms with van der Waals surface area (Å²) >= 11 is 0. The quantitative estimate of drug-likeness (QED) is 0.142. The van der Waals surface area contributed by atoms with Crippen LogP contribution in [0.25, 0.3) is 0 Å². The number of aliphatic carboxylic acids is 1. The van der Waals surface area contributed by atoms with Gasteiger partial charge in [0.25, 0.3) is 0 Å². The van der Waals surface area contributed by atoms with Gasteiger partial charge < -0.3 is 42.8 Å². The van der Waals surface area contributed by atoms with Crippen molar-refractivity contribution in [3.8, 4) is 28.7 Å². The summed E-state index contributed by atoms with van der Waals surface area (Å²) in [5.41, 5.74) is 3.21. The fourth-order valence-electron chi connectivity index (χ4n) is 5.23. The number of benzene rings is 2. The zero-order valence-corrected chi connectivity index (χ0v) is 26.2. The Balaban J connectivity index is 0.00000441. The first-order chi connectivity index (χ1) is 19.1. The van der Waals surface area contributed by atoms with Crippen molar-refractivity contribution >= 4 is 36.8 Å². The Morgan fingerprint density at radius 3 is 2.02 bits per heavy atom. The average Bonchev–Trinajstić information content (AvgIpc) is 2.95. The van der Waals surface area contributed by atoms with Gasteiger partial charge in [-0.25, -0.2) is 4.79 Å². The van der Waals surface area contributed by atoms with Crippen molar-refractivity contribution < 1.29 is 52.0 Å². The third-order valence-corrected chi connectivity index (χ3v) is 7.29. The van der Waals surface area contributed by atoms with Crippen molar-refractivity contribution in [3.63, 3.8) is 0 Å². The summed E-state index contributed by atoms with van der Waals surface area (Å²) < 4.78 is 46.9. The predicted octanol–water partition coefficient (Wildman–Crippen LogP) is 3.40. The maximum atomic E-state index is 13.6. The third-order valence-electron chi connectivity index (χ3n) is 7.29. The van der Waals surface area contributed by atoms with Crippen LogP contribution < -0.4 is 28.8 Å². The Morgan fingerprint density at radius 1 is 0.929 bits per heavy atom. The molecule has 0 saturated carbocycles. The molecule has 42 heavy (non-hydrogen) atoms. The van der Waals surface area contributed by atoms with Crippen LogP contribution in [0, 0.1) is 0 Å². The smallest absolute Gasteiger partial charge is 0.367 e. The molecule has 0 amide bonds. The Bertz CT molecular complexity index is 1250.